The molecule has 1 aliphatic rings. The van der Waals surface area contributed by atoms with Crippen molar-refractivity contribution in [2.24, 2.45) is 0 Å². The van der Waals surface area contributed by atoms with Crippen molar-refractivity contribution < 1.29 is 9.31 Å². The summed E-state index contributed by atoms with van der Waals surface area (Å²) in [6.07, 6.45) is 0. The Morgan fingerprint density at radius 2 is 1.38 bits per heavy atom. The molecule has 16 heavy (non-hydrogen) atoms. The van der Waals surface area contributed by atoms with Gasteiger partial charge < -0.3 is 9.31 Å². The monoisotopic (exact) mass is 214 g/mol. The van der Waals surface area contributed by atoms with E-state index < -0.39 is 0 Å². The van der Waals surface area contributed by atoms with E-state index in [2.05, 4.69) is 0 Å². The fourth-order valence-corrected chi connectivity index (χ4v) is 1.63. The molecule has 4 heteroatoms. The first-order valence-electron chi connectivity index (χ1n) is 5.53. The van der Waals surface area contributed by atoms with Crippen molar-refractivity contribution in [3.05, 3.63) is 24.3 Å². The van der Waals surface area contributed by atoms with Gasteiger partial charge in [-0.25, -0.2) is 0 Å². The van der Waals surface area contributed by atoms with Gasteiger partial charge in [-0.3, -0.25) is 0 Å². The lowest BCUT2D eigenvalue weighted by molar-refractivity contribution is 0.00578. The highest BCUT2D eigenvalue weighted by Gasteiger charge is 2.51. The van der Waals surface area contributed by atoms with Crippen LogP contribution in [0.4, 0.5) is 0 Å². The summed E-state index contributed by atoms with van der Waals surface area (Å²) in [4.78, 5) is 0. The Hall–Kier alpha value is -0.730. The van der Waals surface area contributed by atoms with Crippen LogP contribution in [0.1, 0.15) is 27.7 Å². The summed E-state index contributed by atoms with van der Waals surface area (Å²) in [5.41, 5.74) is 1.17. The third kappa shape index (κ3) is 1.92. The van der Waals surface area contributed by atoms with E-state index in [1.807, 2.05) is 52.0 Å². The Morgan fingerprint density at radius 3 is 1.81 bits per heavy atom. The lowest BCUT2D eigenvalue weighted by atomic mass is 9.77. The van der Waals surface area contributed by atoms with Crippen molar-refractivity contribution in [1.82, 2.24) is 0 Å². The maximum atomic E-state index is 5.93. The van der Waals surface area contributed by atoms with E-state index in [4.69, 9.17) is 17.2 Å². The van der Waals surface area contributed by atoms with E-state index in [-0.39, 0.29) is 18.3 Å². The number of hydrogen-bond acceptors (Lipinski definition) is 2. The Morgan fingerprint density at radius 1 is 0.938 bits per heavy atom. The van der Waals surface area contributed by atoms with Gasteiger partial charge in [0.15, 0.2) is 0 Å². The first kappa shape index (κ1) is 11.7. The van der Waals surface area contributed by atoms with Crippen molar-refractivity contribution in [3.63, 3.8) is 0 Å². The van der Waals surface area contributed by atoms with Crippen molar-refractivity contribution in [2.75, 3.05) is 0 Å². The number of hydrogen-bond donors (Lipinski definition) is 0. The van der Waals surface area contributed by atoms with Gasteiger partial charge in [0.1, 0.15) is 7.85 Å². The molecule has 0 aliphatic carbocycles. The standard InChI is InChI=1S/C12H16B2O2/c1-11(2)12(3,4)16-14(15-11)10-7-5-9(13)6-8-10/h5-8H,1-4H3. The van der Waals surface area contributed by atoms with E-state index in [1.165, 1.54) is 0 Å². The zero-order chi connectivity index (χ0) is 12.0. The van der Waals surface area contributed by atoms with Gasteiger partial charge in [0.2, 0.25) is 0 Å². The molecule has 2 nitrogen and oxygen atoms in total. The Labute approximate surface area is 98.9 Å². The minimum absolute atomic E-state index is 0.293. The highest BCUT2D eigenvalue weighted by molar-refractivity contribution is 6.62. The molecular weight excluding hydrogens is 198 g/mol. The molecule has 0 unspecified atom stereocenters. The normalized spacial score (nSPS) is 22.4. The average molecular weight is 214 g/mol. The first-order valence-corrected chi connectivity index (χ1v) is 5.53. The molecule has 0 N–H and O–H groups in total. The van der Waals surface area contributed by atoms with Crippen LogP contribution in [0.25, 0.3) is 0 Å². The minimum atomic E-state index is -0.300. The van der Waals surface area contributed by atoms with Gasteiger partial charge >= 0.3 is 7.12 Å². The van der Waals surface area contributed by atoms with Gasteiger partial charge in [0.25, 0.3) is 0 Å². The van der Waals surface area contributed by atoms with Crippen LogP contribution in [0, 0.1) is 0 Å². The average Bonchev–Trinajstić information content (AvgIpc) is 2.37. The smallest absolute Gasteiger partial charge is 0.399 e. The second-order valence-corrected chi connectivity index (χ2v) is 5.25. The van der Waals surface area contributed by atoms with Gasteiger partial charge in [-0.1, -0.05) is 29.7 Å². The topological polar surface area (TPSA) is 18.5 Å². The highest BCUT2D eigenvalue weighted by atomic mass is 16.7. The van der Waals surface area contributed by atoms with E-state index in [1.54, 1.807) is 0 Å². The maximum absolute atomic E-state index is 5.93. The summed E-state index contributed by atoms with van der Waals surface area (Å²) in [5, 5.41) is 0. The molecule has 2 rings (SSSR count). The lowest BCUT2D eigenvalue weighted by Gasteiger charge is -2.32. The van der Waals surface area contributed by atoms with E-state index in [0.29, 0.717) is 0 Å². The van der Waals surface area contributed by atoms with Crippen LogP contribution < -0.4 is 10.9 Å². The zero-order valence-electron chi connectivity index (χ0n) is 10.3. The maximum Gasteiger partial charge on any atom is 0.494 e. The van der Waals surface area contributed by atoms with Gasteiger partial charge in [-0.05, 0) is 33.2 Å². The van der Waals surface area contributed by atoms with E-state index in [0.717, 1.165) is 10.9 Å². The van der Waals surface area contributed by atoms with Crippen LogP contribution in [-0.4, -0.2) is 26.2 Å². The molecule has 0 aromatic heterocycles. The fourth-order valence-electron chi connectivity index (χ4n) is 1.63. The van der Waals surface area contributed by atoms with Gasteiger partial charge in [-0.2, -0.15) is 0 Å². The predicted octanol–water partition coefficient (Wildman–Crippen LogP) is 0.780. The van der Waals surface area contributed by atoms with Crippen molar-refractivity contribution >= 4 is 25.9 Å². The lowest BCUT2D eigenvalue weighted by Crippen LogP contribution is -2.41. The quantitative estimate of drug-likeness (QED) is 0.643. The largest absolute Gasteiger partial charge is 0.494 e. The molecule has 2 radical (unpaired) electrons. The zero-order valence-corrected chi connectivity index (χ0v) is 10.3. The summed E-state index contributed by atoms with van der Waals surface area (Å²) in [5.74, 6) is 0. The molecule has 1 aliphatic heterocycles. The van der Waals surface area contributed by atoms with E-state index >= 15 is 0 Å². The van der Waals surface area contributed by atoms with E-state index in [9.17, 15) is 0 Å². The van der Waals surface area contributed by atoms with Crippen LogP contribution >= 0.6 is 0 Å². The molecule has 0 spiro atoms. The van der Waals surface area contributed by atoms with Crippen LogP contribution in [0.2, 0.25) is 0 Å². The van der Waals surface area contributed by atoms with Gasteiger partial charge in [0.05, 0.1) is 11.2 Å². The predicted molar refractivity (Wildman–Crippen MR) is 67.5 cm³/mol. The molecule has 0 bridgehead atoms. The Balaban J connectivity index is 2.23. The summed E-state index contributed by atoms with van der Waals surface area (Å²) in [6, 6.07) is 7.61. The van der Waals surface area contributed by atoms with Crippen LogP contribution in [0.5, 0.6) is 0 Å². The Bertz CT molecular complexity index is 369. The molecule has 1 heterocycles. The molecule has 1 fully saturated rings. The Kier molecular flexibility index (Phi) is 2.67. The number of rotatable bonds is 1. The van der Waals surface area contributed by atoms with Crippen molar-refractivity contribution in [2.45, 2.75) is 38.9 Å². The van der Waals surface area contributed by atoms with Crippen molar-refractivity contribution in [3.8, 4) is 0 Å². The fraction of sp³-hybridized carbons (Fsp3) is 0.500. The minimum Gasteiger partial charge on any atom is -0.399 e. The first-order chi connectivity index (χ1) is 7.32. The second kappa shape index (κ2) is 3.64. The third-order valence-corrected chi connectivity index (χ3v) is 3.46. The summed E-state index contributed by atoms with van der Waals surface area (Å²) in [7, 11) is 5.35. The molecule has 0 amide bonds. The number of benzene rings is 1. The summed E-state index contributed by atoms with van der Waals surface area (Å²) >= 11 is 0. The van der Waals surface area contributed by atoms with Crippen LogP contribution in [0.15, 0.2) is 24.3 Å². The third-order valence-electron chi connectivity index (χ3n) is 3.46. The molecule has 1 aromatic rings. The second-order valence-electron chi connectivity index (χ2n) is 5.25. The van der Waals surface area contributed by atoms with Crippen LogP contribution in [0.3, 0.4) is 0 Å². The summed E-state index contributed by atoms with van der Waals surface area (Å²) in [6.45, 7) is 8.18. The van der Waals surface area contributed by atoms with Gasteiger partial charge in [-0.15, -0.1) is 0 Å². The molecule has 0 saturated carbocycles. The van der Waals surface area contributed by atoms with Gasteiger partial charge in [0, 0.05) is 0 Å². The van der Waals surface area contributed by atoms with Crippen molar-refractivity contribution in [1.29, 1.82) is 0 Å². The molecule has 1 saturated heterocycles. The summed E-state index contributed by atoms with van der Waals surface area (Å²) < 4.78 is 11.9. The molecular formula is C12H16B2O2. The molecule has 1 aromatic carbocycles. The molecule has 82 valence electrons. The molecule has 0 atom stereocenters. The SMILES string of the molecule is [B]c1ccc(B2OC(C)(C)C(C)(C)O2)cc1. The highest BCUT2D eigenvalue weighted by Crippen LogP contribution is 2.36. The van der Waals surface area contributed by atoms with Crippen LogP contribution in [-0.2, 0) is 9.31 Å².